The molecule has 4 rings (SSSR count). The van der Waals surface area contributed by atoms with E-state index in [0.29, 0.717) is 11.5 Å². The van der Waals surface area contributed by atoms with Crippen molar-refractivity contribution in [2.45, 2.75) is 82.7 Å². The van der Waals surface area contributed by atoms with E-state index in [4.69, 9.17) is 5.10 Å². The van der Waals surface area contributed by atoms with Crippen LogP contribution >= 0.6 is 0 Å². The first-order chi connectivity index (χ1) is 10.3. The molecule has 0 aromatic carbocycles. The first kappa shape index (κ1) is 13.8. The van der Waals surface area contributed by atoms with Crippen LogP contribution < -0.4 is 5.32 Å². The molecule has 0 spiro atoms. The van der Waals surface area contributed by atoms with Gasteiger partial charge in [-0.25, -0.2) is 0 Å². The maximum atomic E-state index is 4.93. The molecule has 1 aromatic rings. The molecule has 0 unspecified atom stereocenters. The monoisotopic (exact) mass is 287 g/mol. The molecule has 1 heterocycles. The van der Waals surface area contributed by atoms with Gasteiger partial charge in [0.25, 0.3) is 0 Å². The Morgan fingerprint density at radius 3 is 2.57 bits per heavy atom. The summed E-state index contributed by atoms with van der Waals surface area (Å²) >= 11 is 0. The van der Waals surface area contributed by atoms with E-state index in [1.165, 1.54) is 82.9 Å². The molecule has 116 valence electrons. The zero-order valence-electron chi connectivity index (χ0n) is 13.2. The molecular weight excluding hydrogens is 258 g/mol. The summed E-state index contributed by atoms with van der Waals surface area (Å²) in [6.45, 7) is 1.22. The molecule has 3 heteroatoms. The van der Waals surface area contributed by atoms with Gasteiger partial charge in [-0.3, -0.25) is 4.68 Å². The smallest absolute Gasteiger partial charge is 0.0630 e. The number of rotatable bonds is 6. The maximum Gasteiger partial charge on any atom is 0.0630 e. The number of hydrogen-bond donors (Lipinski definition) is 1. The Morgan fingerprint density at radius 2 is 1.90 bits per heavy atom. The van der Waals surface area contributed by atoms with Crippen molar-refractivity contribution in [3.05, 3.63) is 18.0 Å². The van der Waals surface area contributed by atoms with E-state index < -0.39 is 0 Å². The third-order valence-corrected chi connectivity index (χ3v) is 5.93. The average molecular weight is 287 g/mol. The zero-order chi connectivity index (χ0) is 14.1. The van der Waals surface area contributed by atoms with E-state index in [1.54, 1.807) is 0 Å². The van der Waals surface area contributed by atoms with Gasteiger partial charge in [0.2, 0.25) is 0 Å². The standard InChI is InChI=1S/C18H29N3/c1-2-5-17(6-3-1)21-12-9-16(20-21)13-18(10-4-11-18)14-19-15-7-8-15/h9,12,15,17,19H,1-8,10-11,13-14H2. The third-order valence-electron chi connectivity index (χ3n) is 5.93. The van der Waals surface area contributed by atoms with Gasteiger partial charge in [-0.05, 0) is 56.4 Å². The van der Waals surface area contributed by atoms with Crippen molar-refractivity contribution >= 4 is 0 Å². The lowest BCUT2D eigenvalue weighted by Crippen LogP contribution is -2.42. The van der Waals surface area contributed by atoms with E-state index in [0.717, 1.165) is 6.04 Å². The summed E-state index contributed by atoms with van der Waals surface area (Å²) in [7, 11) is 0. The summed E-state index contributed by atoms with van der Waals surface area (Å²) < 4.78 is 2.27. The van der Waals surface area contributed by atoms with Gasteiger partial charge in [0.15, 0.2) is 0 Å². The topological polar surface area (TPSA) is 29.9 Å². The van der Waals surface area contributed by atoms with Crippen LogP contribution in [0, 0.1) is 5.41 Å². The van der Waals surface area contributed by atoms with Crippen LogP contribution in [0.15, 0.2) is 12.3 Å². The molecule has 21 heavy (non-hydrogen) atoms. The van der Waals surface area contributed by atoms with Gasteiger partial charge in [-0.2, -0.15) is 5.10 Å². The van der Waals surface area contributed by atoms with Crippen molar-refractivity contribution in [1.82, 2.24) is 15.1 Å². The van der Waals surface area contributed by atoms with Gasteiger partial charge in [0, 0.05) is 18.8 Å². The van der Waals surface area contributed by atoms with Gasteiger partial charge in [0.05, 0.1) is 11.7 Å². The van der Waals surface area contributed by atoms with Crippen LogP contribution in [0.25, 0.3) is 0 Å². The molecule has 0 amide bonds. The number of nitrogens with one attached hydrogen (secondary N) is 1. The van der Waals surface area contributed by atoms with E-state index >= 15 is 0 Å². The van der Waals surface area contributed by atoms with Crippen LogP contribution in [-0.2, 0) is 6.42 Å². The molecule has 3 aliphatic carbocycles. The second-order valence-corrected chi connectivity index (χ2v) is 7.76. The highest BCUT2D eigenvalue weighted by Gasteiger charge is 2.38. The summed E-state index contributed by atoms with van der Waals surface area (Å²) in [4.78, 5) is 0. The fourth-order valence-corrected chi connectivity index (χ4v) is 4.15. The third kappa shape index (κ3) is 3.18. The molecule has 0 aliphatic heterocycles. The highest BCUT2D eigenvalue weighted by molar-refractivity contribution is 5.07. The Kier molecular flexibility index (Phi) is 3.78. The lowest BCUT2D eigenvalue weighted by Gasteiger charge is -2.42. The van der Waals surface area contributed by atoms with Crippen molar-refractivity contribution < 1.29 is 0 Å². The molecule has 3 nitrogen and oxygen atoms in total. The molecule has 3 aliphatic rings. The minimum absolute atomic E-state index is 0.522. The zero-order valence-corrected chi connectivity index (χ0v) is 13.2. The highest BCUT2D eigenvalue weighted by Crippen LogP contribution is 2.43. The predicted molar refractivity (Wildman–Crippen MR) is 85.4 cm³/mol. The Morgan fingerprint density at radius 1 is 1.10 bits per heavy atom. The number of aromatic nitrogens is 2. The molecule has 3 saturated carbocycles. The van der Waals surface area contributed by atoms with Crippen molar-refractivity contribution in [3.63, 3.8) is 0 Å². The van der Waals surface area contributed by atoms with Gasteiger partial charge >= 0.3 is 0 Å². The molecule has 3 fully saturated rings. The number of nitrogens with zero attached hydrogens (tertiary/aromatic N) is 2. The highest BCUT2D eigenvalue weighted by atomic mass is 15.3. The lowest BCUT2D eigenvalue weighted by atomic mass is 9.66. The summed E-state index contributed by atoms with van der Waals surface area (Å²) in [5.74, 6) is 0. The van der Waals surface area contributed by atoms with E-state index in [2.05, 4.69) is 22.3 Å². The second kappa shape index (κ2) is 5.75. The Balaban J connectivity index is 1.37. The summed E-state index contributed by atoms with van der Waals surface area (Å²) in [5.41, 5.74) is 1.85. The van der Waals surface area contributed by atoms with Gasteiger partial charge in [-0.1, -0.05) is 25.7 Å². The Bertz CT molecular complexity index is 465. The molecule has 0 bridgehead atoms. The Labute approximate surface area is 128 Å². The number of hydrogen-bond acceptors (Lipinski definition) is 2. The first-order valence-corrected chi connectivity index (χ1v) is 9.11. The second-order valence-electron chi connectivity index (χ2n) is 7.76. The van der Waals surface area contributed by atoms with Crippen LogP contribution in [-0.4, -0.2) is 22.4 Å². The SMILES string of the molecule is c1cn(C2CCCCC2)nc1CC1(CNC2CC2)CCC1. The minimum Gasteiger partial charge on any atom is -0.313 e. The van der Waals surface area contributed by atoms with E-state index in [-0.39, 0.29) is 0 Å². The van der Waals surface area contributed by atoms with Crippen LogP contribution in [0.2, 0.25) is 0 Å². The van der Waals surface area contributed by atoms with Gasteiger partial charge in [0.1, 0.15) is 0 Å². The van der Waals surface area contributed by atoms with Gasteiger partial charge < -0.3 is 5.32 Å². The van der Waals surface area contributed by atoms with E-state index in [1.807, 2.05) is 0 Å². The van der Waals surface area contributed by atoms with Crippen molar-refractivity contribution in [3.8, 4) is 0 Å². The molecule has 0 radical (unpaired) electrons. The average Bonchev–Trinajstić information content (AvgIpc) is 3.20. The van der Waals surface area contributed by atoms with Crippen molar-refractivity contribution in [2.24, 2.45) is 5.41 Å². The fraction of sp³-hybridized carbons (Fsp3) is 0.833. The fourth-order valence-electron chi connectivity index (χ4n) is 4.15. The quantitative estimate of drug-likeness (QED) is 0.861. The van der Waals surface area contributed by atoms with Gasteiger partial charge in [-0.15, -0.1) is 0 Å². The summed E-state index contributed by atoms with van der Waals surface area (Å²) in [6, 6.07) is 3.79. The van der Waals surface area contributed by atoms with Crippen LogP contribution in [0.1, 0.15) is 75.9 Å². The van der Waals surface area contributed by atoms with Crippen molar-refractivity contribution in [2.75, 3.05) is 6.54 Å². The minimum atomic E-state index is 0.522. The molecule has 0 atom stereocenters. The van der Waals surface area contributed by atoms with Crippen molar-refractivity contribution in [1.29, 1.82) is 0 Å². The molecular formula is C18H29N3. The summed E-state index contributed by atoms with van der Waals surface area (Å²) in [5, 5.41) is 8.69. The normalized spacial score (nSPS) is 25.7. The maximum absolute atomic E-state index is 4.93. The molecule has 1 aromatic heterocycles. The first-order valence-electron chi connectivity index (χ1n) is 9.11. The van der Waals surface area contributed by atoms with Crippen LogP contribution in [0.4, 0.5) is 0 Å². The van der Waals surface area contributed by atoms with Crippen LogP contribution in [0.3, 0.4) is 0 Å². The lowest BCUT2D eigenvalue weighted by molar-refractivity contribution is 0.127. The Hall–Kier alpha value is -0.830. The predicted octanol–water partition coefficient (Wildman–Crippen LogP) is 3.85. The van der Waals surface area contributed by atoms with E-state index in [9.17, 15) is 0 Å². The summed E-state index contributed by atoms with van der Waals surface area (Å²) in [6.07, 6.45) is 17.3. The largest absolute Gasteiger partial charge is 0.313 e. The molecule has 0 saturated heterocycles. The van der Waals surface area contributed by atoms with Crippen LogP contribution in [0.5, 0.6) is 0 Å². The molecule has 1 N–H and O–H groups in total.